The molecule has 0 bridgehead atoms. The lowest BCUT2D eigenvalue weighted by Gasteiger charge is -2.18. The van der Waals surface area contributed by atoms with Crippen molar-refractivity contribution in [2.45, 2.75) is 20.3 Å². The molecule has 0 amide bonds. The number of benzene rings is 2. The van der Waals surface area contributed by atoms with Gasteiger partial charge in [0.1, 0.15) is 17.3 Å². The number of aryl methyl sites for hydroxylation is 3. The minimum Gasteiger partial charge on any atom is -0.456 e. The van der Waals surface area contributed by atoms with Crippen LogP contribution >= 0.6 is 0 Å². The molecule has 0 saturated carbocycles. The van der Waals surface area contributed by atoms with Gasteiger partial charge in [-0.15, -0.1) is 0 Å². The summed E-state index contributed by atoms with van der Waals surface area (Å²) in [6, 6.07) is 8.21. The number of pyridine rings is 1. The fourth-order valence-electron chi connectivity index (χ4n) is 4.01. The van der Waals surface area contributed by atoms with E-state index in [1.807, 2.05) is 18.2 Å². The molecule has 0 atom stereocenters. The van der Waals surface area contributed by atoms with Crippen LogP contribution in [-0.4, -0.2) is 21.3 Å². The average molecular weight is 453 g/mol. The molecular weight excluding hydrogens is 427 g/mol. The Morgan fingerprint density at radius 3 is 2.44 bits per heavy atom. The average Bonchev–Trinajstić information content (AvgIpc) is 3.17. The summed E-state index contributed by atoms with van der Waals surface area (Å²) in [5.41, 5.74) is 4.98. The Morgan fingerprint density at radius 2 is 1.78 bits per heavy atom. The number of aromatic nitrogens is 1. The van der Waals surface area contributed by atoms with E-state index in [1.165, 1.54) is 12.1 Å². The summed E-state index contributed by atoms with van der Waals surface area (Å²) < 4.78 is 38.3. The third kappa shape index (κ3) is 4.25. The Balaban J connectivity index is 1.97. The Bertz CT molecular complexity index is 1430. The van der Waals surface area contributed by atoms with Crippen LogP contribution in [0, 0.1) is 19.7 Å². The summed E-state index contributed by atoms with van der Waals surface area (Å²) in [6.07, 6.45) is 9.41. The molecule has 166 valence electrons. The first-order valence-electron chi connectivity index (χ1n) is 10.2. The Labute approximate surface area is 187 Å². The summed E-state index contributed by atoms with van der Waals surface area (Å²) in [6.45, 7) is 3.59. The minimum absolute atomic E-state index is 0.0348. The van der Waals surface area contributed by atoms with Crippen LogP contribution in [0.25, 0.3) is 17.2 Å². The SMILES string of the molecule is Cc1cc(F)cc(C)c1Oc1ccc(N=S(C)(C)=O)cc1-c1cn(C)c(=O)c2c1C=CC2. The van der Waals surface area contributed by atoms with E-state index in [1.54, 1.807) is 56.3 Å². The van der Waals surface area contributed by atoms with E-state index in [0.717, 1.165) is 22.3 Å². The lowest BCUT2D eigenvalue weighted by atomic mass is 9.98. The second-order valence-electron chi connectivity index (χ2n) is 8.38. The first-order chi connectivity index (χ1) is 15.0. The molecule has 1 aliphatic carbocycles. The van der Waals surface area contributed by atoms with Crippen LogP contribution in [0.1, 0.15) is 22.3 Å². The van der Waals surface area contributed by atoms with Gasteiger partial charge in [0.2, 0.25) is 0 Å². The van der Waals surface area contributed by atoms with E-state index in [-0.39, 0.29) is 11.4 Å². The quantitative estimate of drug-likeness (QED) is 0.523. The normalized spacial score (nSPS) is 12.7. The molecule has 0 spiro atoms. The van der Waals surface area contributed by atoms with Crippen LogP contribution in [-0.2, 0) is 23.2 Å². The topological polar surface area (TPSA) is 60.7 Å². The van der Waals surface area contributed by atoms with Gasteiger partial charge in [-0.2, -0.15) is 4.36 Å². The molecule has 1 aliphatic rings. The summed E-state index contributed by atoms with van der Waals surface area (Å²) in [4.78, 5) is 12.6. The number of ether oxygens (including phenoxy) is 1. The minimum atomic E-state index is -2.37. The molecule has 0 fully saturated rings. The first kappa shape index (κ1) is 22.0. The molecule has 3 aromatic rings. The second-order valence-corrected chi connectivity index (χ2v) is 10.9. The molecule has 1 heterocycles. The molecule has 5 nitrogen and oxygen atoms in total. The fourth-order valence-corrected chi connectivity index (χ4v) is 4.63. The number of hydrogen-bond acceptors (Lipinski definition) is 4. The van der Waals surface area contributed by atoms with Gasteiger partial charge in [0.05, 0.1) is 5.69 Å². The Morgan fingerprint density at radius 1 is 1.09 bits per heavy atom. The van der Waals surface area contributed by atoms with E-state index in [0.29, 0.717) is 34.7 Å². The first-order valence-corrected chi connectivity index (χ1v) is 12.5. The molecule has 0 saturated heterocycles. The van der Waals surface area contributed by atoms with Gasteiger partial charge in [-0.3, -0.25) is 4.79 Å². The highest BCUT2D eigenvalue weighted by Crippen LogP contribution is 2.41. The van der Waals surface area contributed by atoms with Crippen molar-refractivity contribution < 1.29 is 13.3 Å². The van der Waals surface area contributed by atoms with Crippen LogP contribution in [0.15, 0.2) is 51.8 Å². The lowest BCUT2D eigenvalue weighted by molar-refractivity contribution is 0.474. The Kier molecular flexibility index (Phi) is 5.54. The molecule has 0 N–H and O–H groups in total. The highest BCUT2D eigenvalue weighted by molar-refractivity contribution is 7.92. The van der Waals surface area contributed by atoms with Crippen LogP contribution in [0.4, 0.5) is 10.1 Å². The number of nitrogens with zero attached hydrogens (tertiary/aromatic N) is 2. The molecule has 0 aliphatic heterocycles. The summed E-state index contributed by atoms with van der Waals surface area (Å²) in [7, 11) is -0.649. The molecule has 2 aromatic carbocycles. The Hall–Kier alpha value is -3.19. The van der Waals surface area contributed by atoms with E-state index in [4.69, 9.17) is 4.74 Å². The van der Waals surface area contributed by atoms with Crippen LogP contribution in [0.2, 0.25) is 0 Å². The van der Waals surface area contributed by atoms with E-state index in [2.05, 4.69) is 4.36 Å². The van der Waals surface area contributed by atoms with Crippen molar-refractivity contribution in [2.75, 3.05) is 12.5 Å². The highest BCUT2D eigenvalue weighted by Gasteiger charge is 2.21. The van der Waals surface area contributed by atoms with E-state index < -0.39 is 9.73 Å². The van der Waals surface area contributed by atoms with Gasteiger partial charge in [0, 0.05) is 52.2 Å². The van der Waals surface area contributed by atoms with Crippen molar-refractivity contribution in [1.82, 2.24) is 4.57 Å². The van der Waals surface area contributed by atoms with Crippen LogP contribution < -0.4 is 10.3 Å². The van der Waals surface area contributed by atoms with Gasteiger partial charge in [-0.05, 0) is 67.3 Å². The van der Waals surface area contributed by atoms with Crippen molar-refractivity contribution in [2.24, 2.45) is 11.4 Å². The third-order valence-corrected chi connectivity index (χ3v) is 5.99. The third-order valence-electron chi connectivity index (χ3n) is 5.34. The zero-order chi connectivity index (χ0) is 23.2. The van der Waals surface area contributed by atoms with Gasteiger partial charge in [-0.25, -0.2) is 8.60 Å². The predicted molar refractivity (Wildman–Crippen MR) is 128 cm³/mol. The maximum Gasteiger partial charge on any atom is 0.254 e. The van der Waals surface area contributed by atoms with Crippen molar-refractivity contribution in [1.29, 1.82) is 0 Å². The van der Waals surface area contributed by atoms with Crippen LogP contribution in [0.3, 0.4) is 0 Å². The van der Waals surface area contributed by atoms with E-state index >= 15 is 0 Å². The molecule has 32 heavy (non-hydrogen) atoms. The summed E-state index contributed by atoms with van der Waals surface area (Å²) >= 11 is 0. The lowest BCUT2D eigenvalue weighted by Crippen LogP contribution is -2.21. The molecule has 7 heteroatoms. The number of fused-ring (bicyclic) bond motifs is 1. The van der Waals surface area contributed by atoms with Crippen molar-refractivity contribution >= 4 is 21.5 Å². The zero-order valence-corrected chi connectivity index (χ0v) is 19.5. The van der Waals surface area contributed by atoms with Gasteiger partial charge in [-0.1, -0.05) is 12.2 Å². The molecule has 0 radical (unpaired) electrons. The zero-order valence-electron chi connectivity index (χ0n) is 18.7. The van der Waals surface area contributed by atoms with Gasteiger partial charge < -0.3 is 9.30 Å². The van der Waals surface area contributed by atoms with Crippen LogP contribution in [0.5, 0.6) is 11.5 Å². The van der Waals surface area contributed by atoms with Crippen molar-refractivity contribution in [3.63, 3.8) is 0 Å². The van der Waals surface area contributed by atoms with Crippen molar-refractivity contribution in [3.8, 4) is 22.6 Å². The monoisotopic (exact) mass is 452 g/mol. The largest absolute Gasteiger partial charge is 0.456 e. The van der Waals surface area contributed by atoms with Gasteiger partial charge in [0.25, 0.3) is 5.56 Å². The second kappa shape index (κ2) is 8.06. The smallest absolute Gasteiger partial charge is 0.254 e. The maximum atomic E-state index is 13.8. The summed E-state index contributed by atoms with van der Waals surface area (Å²) in [5.74, 6) is 0.800. The number of halogens is 1. The standard InChI is InChI=1S/C25H25FN2O3S/c1-15-11-17(26)12-16(2)24(15)31-23-10-9-18(27-32(4,5)30)13-21(23)22-14-28(3)25(29)20-8-6-7-19(20)22/h6-7,9-14H,8H2,1-5H3. The molecular formula is C25H25FN2O3S. The summed E-state index contributed by atoms with van der Waals surface area (Å²) in [5, 5.41) is 0. The van der Waals surface area contributed by atoms with Gasteiger partial charge >= 0.3 is 0 Å². The maximum absolute atomic E-state index is 13.8. The molecule has 4 rings (SSSR count). The van der Waals surface area contributed by atoms with E-state index in [9.17, 15) is 13.4 Å². The molecule has 1 aromatic heterocycles. The fraction of sp³-hybridized carbons (Fsp3) is 0.240. The number of rotatable bonds is 4. The molecule has 0 unspecified atom stereocenters. The van der Waals surface area contributed by atoms with Crippen molar-refractivity contribution in [3.05, 3.63) is 81.0 Å². The predicted octanol–water partition coefficient (Wildman–Crippen LogP) is 5.53. The number of hydrogen-bond donors (Lipinski definition) is 0. The number of allylic oxidation sites excluding steroid dienone is 1. The highest BCUT2D eigenvalue weighted by atomic mass is 32.2. The van der Waals surface area contributed by atoms with Gasteiger partial charge in [0.15, 0.2) is 0 Å².